The van der Waals surface area contributed by atoms with E-state index in [1.54, 1.807) is 7.11 Å². The summed E-state index contributed by atoms with van der Waals surface area (Å²) in [6.07, 6.45) is 0. The molecule has 0 spiro atoms. The van der Waals surface area contributed by atoms with Crippen LogP contribution in [0, 0.1) is 0 Å². The zero-order valence-corrected chi connectivity index (χ0v) is 12.7. The molecule has 0 saturated carbocycles. The first-order chi connectivity index (χ1) is 8.88. The average Bonchev–Trinajstić information content (AvgIpc) is 2.51. The van der Waals surface area contributed by atoms with Crippen molar-refractivity contribution in [1.82, 2.24) is 0 Å². The van der Waals surface area contributed by atoms with Gasteiger partial charge < -0.3 is 4.74 Å². The zero-order chi connectivity index (χ0) is 14.2. The first-order valence-electron chi connectivity index (χ1n) is 6.81. The molecule has 2 aromatic rings. The van der Waals surface area contributed by atoms with E-state index >= 15 is 0 Å². The molecule has 0 radical (unpaired) electrons. The molecule has 2 rings (SSSR count). The minimum absolute atomic E-state index is 0.819. The fourth-order valence-electron chi connectivity index (χ4n) is 1.13. The number of hydrogen-bond donors (Lipinski definition) is 0. The van der Waals surface area contributed by atoms with Crippen LogP contribution in [0.25, 0.3) is 10.8 Å². The Labute approximate surface area is 113 Å². The molecule has 2 aromatic carbocycles. The second kappa shape index (κ2) is 15.7. The number of fused-ring (bicyclic) bond motifs is 1. The number of hydrogen-bond acceptors (Lipinski definition) is 1. The molecule has 0 atom stereocenters. The Kier molecular flexibility index (Phi) is 16.5. The van der Waals surface area contributed by atoms with Crippen molar-refractivity contribution in [3.8, 4) is 0 Å². The van der Waals surface area contributed by atoms with Crippen LogP contribution >= 0.6 is 0 Å². The molecular formula is C17H28O. The van der Waals surface area contributed by atoms with Crippen molar-refractivity contribution in [3.05, 3.63) is 48.5 Å². The quantitative estimate of drug-likeness (QED) is 0.643. The van der Waals surface area contributed by atoms with Crippen LogP contribution in [0.15, 0.2) is 48.5 Å². The molecule has 0 aromatic heterocycles. The van der Waals surface area contributed by atoms with Crippen LogP contribution in [0.3, 0.4) is 0 Å². The minimum Gasteiger partial charge on any atom is -0.385 e. The van der Waals surface area contributed by atoms with E-state index in [0.717, 1.165) is 6.61 Å². The van der Waals surface area contributed by atoms with Gasteiger partial charge in [0.2, 0.25) is 0 Å². The maximum atomic E-state index is 4.54. The normalized spacial score (nSPS) is 7.89. The lowest BCUT2D eigenvalue weighted by molar-refractivity contribution is 0.215. The molecule has 0 saturated heterocycles. The van der Waals surface area contributed by atoms with E-state index in [1.165, 1.54) is 10.8 Å². The Balaban J connectivity index is 0. The van der Waals surface area contributed by atoms with Crippen molar-refractivity contribution >= 4 is 10.8 Å². The van der Waals surface area contributed by atoms with Crippen LogP contribution in [0.4, 0.5) is 0 Å². The van der Waals surface area contributed by atoms with Crippen molar-refractivity contribution in [3.63, 3.8) is 0 Å². The molecule has 0 unspecified atom stereocenters. The zero-order valence-electron chi connectivity index (χ0n) is 12.7. The van der Waals surface area contributed by atoms with Gasteiger partial charge in [-0.3, -0.25) is 0 Å². The predicted molar refractivity (Wildman–Crippen MR) is 84.2 cm³/mol. The van der Waals surface area contributed by atoms with E-state index < -0.39 is 0 Å². The van der Waals surface area contributed by atoms with Crippen LogP contribution in [-0.2, 0) is 4.74 Å². The highest BCUT2D eigenvalue weighted by Crippen LogP contribution is 2.11. The molecule has 102 valence electrons. The van der Waals surface area contributed by atoms with Crippen LogP contribution in [0.1, 0.15) is 34.6 Å². The summed E-state index contributed by atoms with van der Waals surface area (Å²) in [6, 6.07) is 16.7. The van der Waals surface area contributed by atoms with Gasteiger partial charge in [-0.15, -0.1) is 0 Å². The molecule has 0 fully saturated rings. The third-order valence-corrected chi connectivity index (χ3v) is 1.95. The van der Waals surface area contributed by atoms with Gasteiger partial charge in [0, 0.05) is 13.7 Å². The highest BCUT2D eigenvalue weighted by molar-refractivity contribution is 5.81. The fraction of sp³-hybridized carbons (Fsp3) is 0.412. The average molecular weight is 248 g/mol. The first-order valence-corrected chi connectivity index (χ1v) is 6.81. The first kappa shape index (κ1) is 19.0. The second-order valence-electron chi connectivity index (χ2n) is 2.92. The number of rotatable bonds is 1. The maximum absolute atomic E-state index is 4.54. The molecule has 0 aliphatic carbocycles. The van der Waals surface area contributed by atoms with Crippen molar-refractivity contribution in [1.29, 1.82) is 0 Å². The molecule has 18 heavy (non-hydrogen) atoms. The van der Waals surface area contributed by atoms with Crippen LogP contribution < -0.4 is 0 Å². The van der Waals surface area contributed by atoms with Crippen molar-refractivity contribution in [2.45, 2.75) is 34.6 Å². The number of ether oxygens (including phenoxy) is 1. The van der Waals surface area contributed by atoms with E-state index in [1.807, 2.05) is 34.6 Å². The van der Waals surface area contributed by atoms with Crippen LogP contribution in [0.2, 0.25) is 0 Å². The predicted octanol–water partition coefficient (Wildman–Crippen LogP) is 5.54. The van der Waals surface area contributed by atoms with Gasteiger partial charge in [-0.25, -0.2) is 0 Å². The van der Waals surface area contributed by atoms with Gasteiger partial charge in [0.15, 0.2) is 0 Å². The highest BCUT2D eigenvalue weighted by atomic mass is 16.5. The van der Waals surface area contributed by atoms with Crippen molar-refractivity contribution in [2.24, 2.45) is 0 Å². The maximum Gasteiger partial charge on any atom is 0.0433 e. The molecule has 0 N–H and O–H groups in total. The summed E-state index contributed by atoms with van der Waals surface area (Å²) in [4.78, 5) is 0. The minimum atomic E-state index is 0.819. The van der Waals surface area contributed by atoms with Gasteiger partial charge in [0.1, 0.15) is 0 Å². The Morgan fingerprint density at radius 2 is 0.944 bits per heavy atom. The topological polar surface area (TPSA) is 9.23 Å². The van der Waals surface area contributed by atoms with E-state index in [-0.39, 0.29) is 0 Å². The van der Waals surface area contributed by atoms with E-state index in [4.69, 9.17) is 0 Å². The lowest BCUT2D eigenvalue weighted by Crippen LogP contribution is -1.73. The summed E-state index contributed by atoms with van der Waals surface area (Å²) in [7, 11) is 1.68. The van der Waals surface area contributed by atoms with Gasteiger partial charge in [-0.1, -0.05) is 76.2 Å². The molecule has 1 heteroatoms. The molecule has 0 heterocycles. The Morgan fingerprint density at radius 3 is 1.11 bits per heavy atom. The summed E-state index contributed by atoms with van der Waals surface area (Å²) in [5.41, 5.74) is 0. The standard InChI is InChI=1S/C10H8.C3H8O.2C2H6/c1-2-6-10-8-4-3-7-9(10)5-1;1-3-4-2;2*1-2/h1-8H;3H2,1-2H3;2*1-2H3. The highest BCUT2D eigenvalue weighted by Gasteiger charge is 1.85. The second-order valence-corrected chi connectivity index (χ2v) is 2.92. The summed E-state index contributed by atoms with van der Waals surface area (Å²) >= 11 is 0. The lowest BCUT2D eigenvalue weighted by Gasteiger charge is -1.92. The van der Waals surface area contributed by atoms with Gasteiger partial charge in [0.25, 0.3) is 0 Å². The number of methoxy groups -OCH3 is 1. The molecule has 0 aliphatic rings. The van der Waals surface area contributed by atoms with E-state index in [2.05, 4.69) is 53.3 Å². The fourth-order valence-corrected chi connectivity index (χ4v) is 1.13. The van der Waals surface area contributed by atoms with Crippen molar-refractivity contribution in [2.75, 3.05) is 13.7 Å². The van der Waals surface area contributed by atoms with E-state index in [9.17, 15) is 0 Å². The summed E-state index contributed by atoms with van der Waals surface area (Å²) < 4.78 is 4.54. The van der Waals surface area contributed by atoms with E-state index in [0.29, 0.717) is 0 Å². The third-order valence-electron chi connectivity index (χ3n) is 1.95. The summed E-state index contributed by atoms with van der Waals surface area (Å²) in [5.74, 6) is 0. The van der Waals surface area contributed by atoms with Gasteiger partial charge in [0.05, 0.1) is 0 Å². The molecule has 0 bridgehead atoms. The number of benzene rings is 2. The summed E-state index contributed by atoms with van der Waals surface area (Å²) in [5, 5.41) is 2.62. The van der Waals surface area contributed by atoms with Crippen LogP contribution in [0.5, 0.6) is 0 Å². The van der Waals surface area contributed by atoms with Gasteiger partial charge in [-0.2, -0.15) is 0 Å². The SMILES string of the molecule is CC.CC.CCOC.c1ccc2ccccc2c1. The monoisotopic (exact) mass is 248 g/mol. The molecule has 1 nitrogen and oxygen atoms in total. The smallest absolute Gasteiger partial charge is 0.0433 e. The Hall–Kier alpha value is -1.34. The third kappa shape index (κ3) is 8.77. The van der Waals surface area contributed by atoms with Crippen molar-refractivity contribution < 1.29 is 4.74 Å². The Bertz CT molecular complexity index is 301. The van der Waals surface area contributed by atoms with Gasteiger partial charge in [-0.05, 0) is 17.7 Å². The Morgan fingerprint density at radius 1 is 0.722 bits per heavy atom. The largest absolute Gasteiger partial charge is 0.385 e. The summed E-state index contributed by atoms with van der Waals surface area (Å²) in [6.45, 7) is 10.8. The van der Waals surface area contributed by atoms with Crippen LogP contribution in [-0.4, -0.2) is 13.7 Å². The molecule has 0 amide bonds. The molecule has 0 aliphatic heterocycles. The van der Waals surface area contributed by atoms with Gasteiger partial charge >= 0.3 is 0 Å². The molecular weight excluding hydrogens is 220 g/mol. The lowest BCUT2D eigenvalue weighted by atomic mass is 10.1.